The van der Waals surface area contributed by atoms with Gasteiger partial charge in [-0.15, -0.1) is 11.3 Å². The number of benzene rings is 1. The van der Waals surface area contributed by atoms with E-state index in [9.17, 15) is 4.79 Å². The van der Waals surface area contributed by atoms with Gasteiger partial charge in [-0.1, -0.05) is 30.3 Å². The molecule has 0 spiro atoms. The van der Waals surface area contributed by atoms with Crippen LogP contribution in [0.4, 0.5) is 0 Å². The molecule has 0 unspecified atom stereocenters. The van der Waals surface area contributed by atoms with Crippen LogP contribution in [-0.4, -0.2) is 64.7 Å². The second-order valence-electron chi connectivity index (χ2n) is 7.56. The van der Waals surface area contributed by atoms with Crippen LogP contribution in [0.3, 0.4) is 0 Å². The molecule has 0 saturated carbocycles. The van der Waals surface area contributed by atoms with Gasteiger partial charge in [0.25, 0.3) is 5.91 Å². The van der Waals surface area contributed by atoms with Crippen molar-refractivity contribution in [1.29, 1.82) is 0 Å². The number of hydrogen-bond donors (Lipinski definition) is 0. The number of amides is 1. The summed E-state index contributed by atoms with van der Waals surface area (Å²) in [5.74, 6) is 0.980. The van der Waals surface area contributed by atoms with Crippen molar-refractivity contribution < 1.29 is 9.53 Å². The third-order valence-electron chi connectivity index (χ3n) is 5.54. The van der Waals surface area contributed by atoms with Gasteiger partial charge in [0, 0.05) is 45.1 Å². The van der Waals surface area contributed by atoms with Crippen LogP contribution in [0, 0.1) is 6.92 Å². The number of hydrogen-bond acceptors (Lipinski definition) is 5. The summed E-state index contributed by atoms with van der Waals surface area (Å²) in [6.07, 6.45) is 3.82. The fourth-order valence-electron chi connectivity index (χ4n) is 3.67. The molecule has 3 aromatic rings. The lowest BCUT2D eigenvalue weighted by atomic mass is 10.1. The Morgan fingerprint density at radius 3 is 2.80 bits per heavy atom. The zero-order valence-corrected chi connectivity index (χ0v) is 18.2. The first-order valence-electron chi connectivity index (χ1n) is 10.4. The molecule has 1 fully saturated rings. The van der Waals surface area contributed by atoms with Gasteiger partial charge in [-0.3, -0.25) is 9.69 Å². The Balaban J connectivity index is 1.49. The Hall–Kier alpha value is -2.48. The Labute approximate surface area is 181 Å². The van der Waals surface area contributed by atoms with Crippen molar-refractivity contribution >= 4 is 17.2 Å². The normalized spacial score (nSPS) is 14.7. The number of aryl methyl sites for hydroxylation is 1. The lowest BCUT2D eigenvalue weighted by Gasteiger charge is -2.30. The van der Waals surface area contributed by atoms with Crippen molar-refractivity contribution in [3.05, 3.63) is 76.0 Å². The molecule has 1 aromatic carbocycles. The van der Waals surface area contributed by atoms with E-state index in [2.05, 4.69) is 45.6 Å². The van der Waals surface area contributed by atoms with E-state index in [0.717, 1.165) is 50.1 Å². The number of carbonyl (C=O) groups is 1. The van der Waals surface area contributed by atoms with Gasteiger partial charge in [-0.25, -0.2) is 4.98 Å². The van der Waals surface area contributed by atoms with Crippen LogP contribution < -0.4 is 0 Å². The maximum atomic E-state index is 13.2. The van der Waals surface area contributed by atoms with E-state index in [1.165, 1.54) is 22.5 Å². The van der Waals surface area contributed by atoms with Crippen molar-refractivity contribution in [2.75, 3.05) is 39.4 Å². The van der Waals surface area contributed by atoms with Crippen LogP contribution in [-0.2, 0) is 17.8 Å². The highest BCUT2D eigenvalue weighted by Gasteiger charge is 2.21. The number of nitrogens with zero attached hydrogens (tertiary/aromatic N) is 4. The molecule has 1 amide bonds. The maximum Gasteiger partial charge on any atom is 0.264 e. The summed E-state index contributed by atoms with van der Waals surface area (Å²) in [4.78, 5) is 22.8. The summed E-state index contributed by atoms with van der Waals surface area (Å²) in [7, 11) is 0. The predicted molar refractivity (Wildman–Crippen MR) is 119 cm³/mol. The molecular formula is C23H28N4O2S. The molecule has 0 radical (unpaired) electrons. The Morgan fingerprint density at radius 1 is 1.20 bits per heavy atom. The highest BCUT2D eigenvalue weighted by atomic mass is 32.1. The van der Waals surface area contributed by atoms with Crippen LogP contribution in [0.25, 0.3) is 0 Å². The first kappa shape index (κ1) is 20.8. The average Bonchev–Trinajstić information content (AvgIpc) is 3.45. The molecule has 0 aliphatic carbocycles. The topological polar surface area (TPSA) is 50.6 Å². The quantitative estimate of drug-likeness (QED) is 0.557. The summed E-state index contributed by atoms with van der Waals surface area (Å²) in [5.41, 5.74) is 2.53. The summed E-state index contributed by atoms with van der Waals surface area (Å²) in [6.45, 7) is 8.27. The van der Waals surface area contributed by atoms with E-state index in [-0.39, 0.29) is 5.91 Å². The van der Waals surface area contributed by atoms with Gasteiger partial charge in [-0.2, -0.15) is 0 Å². The second-order valence-corrected chi connectivity index (χ2v) is 8.50. The van der Waals surface area contributed by atoms with Crippen molar-refractivity contribution in [2.24, 2.45) is 0 Å². The lowest BCUT2D eigenvalue weighted by molar-refractivity contribution is 0.0319. The second kappa shape index (κ2) is 10.0. The van der Waals surface area contributed by atoms with Gasteiger partial charge < -0.3 is 14.2 Å². The van der Waals surface area contributed by atoms with Crippen molar-refractivity contribution in [3.8, 4) is 0 Å². The molecule has 0 bridgehead atoms. The number of rotatable bonds is 8. The summed E-state index contributed by atoms with van der Waals surface area (Å²) in [6, 6.07) is 12.2. The van der Waals surface area contributed by atoms with E-state index in [0.29, 0.717) is 13.1 Å². The summed E-state index contributed by atoms with van der Waals surface area (Å²) in [5, 5.41) is 1.95. The molecule has 7 heteroatoms. The van der Waals surface area contributed by atoms with Gasteiger partial charge in [0.2, 0.25) is 0 Å². The lowest BCUT2D eigenvalue weighted by Crippen LogP contribution is -2.43. The highest BCUT2D eigenvalue weighted by Crippen LogP contribution is 2.16. The molecule has 3 heterocycles. The van der Waals surface area contributed by atoms with Crippen molar-refractivity contribution in [2.45, 2.75) is 20.0 Å². The van der Waals surface area contributed by atoms with Crippen molar-refractivity contribution in [1.82, 2.24) is 19.4 Å². The molecule has 4 rings (SSSR count). The van der Waals surface area contributed by atoms with Crippen LogP contribution in [0.2, 0.25) is 0 Å². The molecule has 0 N–H and O–H groups in total. The number of imidazole rings is 1. The highest BCUT2D eigenvalue weighted by molar-refractivity contribution is 7.12. The van der Waals surface area contributed by atoms with E-state index >= 15 is 0 Å². The van der Waals surface area contributed by atoms with Gasteiger partial charge >= 0.3 is 0 Å². The number of ether oxygens (including phenoxy) is 1. The number of morpholine rings is 1. The Bertz CT molecular complexity index is 948. The smallest absolute Gasteiger partial charge is 0.264 e. The minimum Gasteiger partial charge on any atom is -0.379 e. The maximum absolute atomic E-state index is 13.2. The van der Waals surface area contributed by atoms with Gasteiger partial charge in [0.05, 0.1) is 24.6 Å². The van der Waals surface area contributed by atoms with Crippen LogP contribution in [0.5, 0.6) is 0 Å². The molecule has 2 aromatic heterocycles. The molecule has 0 atom stereocenters. The average molecular weight is 425 g/mol. The standard InChI is InChI=1S/C23H28N4O2S/c1-19-5-2-3-6-20(19)17-26-9-8-24-22(26)18-27(23(28)21-7-4-16-30-21)11-10-25-12-14-29-15-13-25/h2-9,16H,10-15,17-18H2,1H3. The summed E-state index contributed by atoms with van der Waals surface area (Å²) < 4.78 is 7.59. The minimum atomic E-state index is 0.0729. The number of aromatic nitrogens is 2. The molecule has 6 nitrogen and oxygen atoms in total. The number of thiophene rings is 1. The molecule has 1 aliphatic heterocycles. The fraction of sp³-hybridized carbons (Fsp3) is 0.391. The summed E-state index contributed by atoms with van der Waals surface area (Å²) >= 11 is 1.49. The monoisotopic (exact) mass is 424 g/mol. The van der Waals surface area contributed by atoms with Gasteiger partial charge in [0.15, 0.2) is 0 Å². The Kier molecular flexibility index (Phi) is 6.94. The zero-order valence-electron chi connectivity index (χ0n) is 17.4. The first-order valence-corrected chi connectivity index (χ1v) is 11.3. The van der Waals surface area contributed by atoms with E-state index in [1.807, 2.05) is 34.8 Å². The first-order chi connectivity index (χ1) is 14.7. The molecule has 1 saturated heterocycles. The van der Waals surface area contributed by atoms with Gasteiger partial charge in [0.1, 0.15) is 5.82 Å². The zero-order chi connectivity index (χ0) is 20.8. The van der Waals surface area contributed by atoms with E-state index < -0.39 is 0 Å². The predicted octanol–water partition coefficient (Wildman–Crippen LogP) is 3.28. The largest absolute Gasteiger partial charge is 0.379 e. The SMILES string of the molecule is Cc1ccccc1Cn1ccnc1CN(CCN1CCOCC1)C(=O)c1cccs1. The van der Waals surface area contributed by atoms with Gasteiger partial charge in [-0.05, 0) is 29.5 Å². The molecule has 158 valence electrons. The van der Waals surface area contributed by atoms with Crippen molar-refractivity contribution in [3.63, 3.8) is 0 Å². The molecule has 30 heavy (non-hydrogen) atoms. The number of carbonyl (C=O) groups excluding carboxylic acids is 1. The van der Waals surface area contributed by atoms with Crippen LogP contribution in [0.15, 0.2) is 54.2 Å². The third kappa shape index (κ3) is 5.16. The van der Waals surface area contributed by atoms with E-state index in [1.54, 1.807) is 0 Å². The molecular weight excluding hydrogens is 396 g/mol. The molecule has 1 aliphatic rings. The fourth-order valence-corrected chi connectivity index (χ4v) is 4.36. The van der Waals surface area contributed by atoms with Crippen LogP contribution >= 0.6 is 11.3 Å². The minimum absolute atomic E-state index is 0.0729. The third-order valence-corrected chi connectivity index (χ3v) is 6.40. The van der Waals surface area contributed by atoms with E-state index in [4.69, 9.17) is 4.74 Å². The van der Waals surface area contributed by atoms with Crippen LogP contribution in [0.1, 0.15) is 26.6 Å². The Morgan fingerprint density at radius 2 is 2.03 bits per heavy atom.